The highest BCUT2D eigenvalue weighted by molar-refractivity contribution is 14.0. The smallest absolute Gasteiger partial charge is 0.194 e. The van der Waals surface area contributed by atoms with Crippen LogP contribution in [0.5, 0.6) is 0 Å². The molecule has 0 atom stereocenters. The normalized spacial score (nSPS) is 10.9. The Kier molecular flexibility index (Phi) is 8.74. The molecule has 1 heterocycles. The van der Waals surface area contributed by atoms with Gasteiger partial charge < -0.3 is 10.2 Å². The van der Waals surface area contributed by atoms with Crippen LogP contribution < -0.4 is 5.32 Å². The topological polar surface area (TPSA) is 40.5 Å². The van der Waals surface area contributed by atoms with E-state index in [0.29, 0.717) is 6.54 Å². The molecular formula is C19H27IN4. The van der Waals surface area contributed by atoms with Gasteiger partial charge in [-0.05, 0) is 36.1 Å². The van der Waals surface area contributed by atoms with E-state index in [1.54, 1.807) is 0 Å². The molecule has 0 unspecified atom stereocenters. The van der Waals surface area contributed by atoms with E-state index in [1.807, 2.05) is 26.4 Å². The third-order valence-electron chi connectivity index (χ3n) is 3.96. The van der Waals surface area contributed by atoms with Crippen LogP contribution in [-0.2, 0) is 19.5 Å². The predicted molar refractivity (Wildman–Crippen MR) is 112 cm³/mol. The van der Waals surface area contributed by atoms with Gasteiger partial charge in [0.15, 0.2) is 5.96 Å². The van der Waals surface area contributed by atoms with Crippen LogP contribution in [0.25, 0.3) is 0 Å². The maximum atomic E-state index is 4.41. The summed E-state index contributed by atoms with van der Waals surface area (Å²) >= 11 is 0. The van der Waals surface area contributed by atoms with E-state index in [0.717, 1.165) is 24.6 Å². The molecule has 0 amide bonds. The summed E-state index contributed by atoms with van der Waals surface area (Å²) < 4.78 is 0. The predicted octanol–water partition coefficient (Wildman–Crippen LogP) is 3.78. The van der Waals surface area contributed by atoms with Crippen LogP contribution in [0.4, 0.5) is 0 Å². The minimum atomic E-state index is 0. The van der Waals surface area contributed by atoms with Gasteiger partial charge >= 0.3 is 0 Å². The Bertz CT molecular complexity index is 653. The van der Waals surface area contributed by atoms with E-state index in [1.165, 1.54) is 16.7 Å². The largest absolute Gasteiger partial charge is 0.351 e. The van der Waals surface area contributed by atoms with Crippen LogP contribution in [0.15, 0.2) is 47.6 Å². The highest BCUT2D eigenvalue weighted by Gasteiger charge is 2.07. The van der Waals surface area contributed by atoms with Crippen LogP contribution in [0, 0.1) is 6.92 Å². The van der Waals surface area contributed by atoms with E-state index in [4.69, 9.17) is 0 Å². The molecule has 0 aliphatic heterocycles. The third kappa shape index (κ3) is 5.78. The van der Waals surface area contributed by atoms with Gasteiger partial charge in [-0.3, -0.25) is 9.98 Å². The summed E-state index contributed by atoms with van der Waals surface area (Å²) in [7, 11) is 3.86. The molecule has 1 N–H and O–H groups in total. The van der Waals surface area contributed by atoms with Gasteiger partial charge in [0, 0.05) is 26.8 Å². The molecule has 0 aliphatic carbocycles. The van der Waals surface area contributed by atoms with Crippen molar-refractivity contribution < 1.29 is 0 Å². The molecule has 1 aromatic heterocycles. The number of hydrogen-bond acceptors (Lipinski definition) is 2. The van der Waals surface area contributed by atoms with Gasteiger partial charge in [-0.1, -0.05) is 37.3 Å². The lowest BCUT2D eigenvalue weighted by atomic mass is 10.1. The fraction of sp³-hybridized carbons (Fsp3) is 0.368. The minimum absolute atomic E-state index is 0. The maximum Gasteiger partial charge on any atom is 0.194 e. The first-order valence-electron chi connectivity index (χ1n) is 8.04. The van der Waals surface area contributed by atoms with Crippen LogP contribution in [0.3, 0.4) is 0 Å². The number of halogens is 1. The first-order valence-corrected chi connectivity index (χ1v) is 8.04. The fourth-order valence-corrected chi connectivity index (χ4v) is 2.48. The first-order chi connectivity index (χ1) is 11.1. The second kappa shape index (κ2) is 10.3. The molecule has 2 rings (SSSR count). The van der Waals surface area contributed by atoms with Crippen molar-refractivity contribution in [3.63, 3.8) is 0 Å². The summed E-state index contributed by atoms with van der Waals surface area (Å²) in [6.07, 6.45) is 2.90. The van der Waals surface area contributed by atoms with E-state index in [2.05, 4.69) is 64.4 Å². The molecule has 0 aliphatic rings. The van der Waals surface area contributed by atoms with Crippen LogP contribution in [0.2, 0.25) is 0 Å². The highest BCUT2D eigenvalue weighted by atomic mass is 127. The number of nitrogens with zero attached hydrogens (tertiary/aromatic N) is 3. The lowest BCUT2D eigenvalue weighted by Gasteiger charge is -2.22. The number of pyridine rings is 1. The monoisotopic (exact) mass is 438 g/mol. The molecule has 1 aromatic carbocycles. The Morgan fingerprint density at radius 2 is 1.83 bits per heavy atom. The maximum absolute atomic E-state index is 4.41. The number of benzene rings is 1. The molecule has 130 valence electrons. The number of aromatic nitrogens is 1. The van der Waals surface area contributed by atoms with Gasteiger partial charge in [0.2, 0.25) is 0 Å². The second-order valence-electron chi connectivity index (χ2n) is 5.69. The van der Waals surface area contributed by atoms with Gasteiger partial charge in [-0.15, -0.1) is 24.0 Å². The first kappa shape index (κ1) is 20.4. The molecule has 0 spiro atoms. The number of guanidine groups is 1. The van der Waals surface area contributed by atoms with Crippen LogP contribution in [0.1, 0.15) is 29.3 Å². The molecule has 5 heteroatoms. The van der Waals surface area contributed by atoms with E-state index < -0.39 is 0 Å². The van der Waals surface area contributed by atoms with Gasteiger partial charge in [-0.2, -0.15) is 0 Å². The molecule has 0 saturated heterocycles. The zero-order chi connectivity index (χ0) is 16.7. The fourth-order valence-electron chi connectivity index (χ4n) is 2.48. The Labute approximate surface area is 162 Å². The van der Waals surface area contributed by atoms with Crippen LogP contribution in [-0.4, -0.2) is 29.9 Å². The van der Waals surface area contributed by atoms with E-state index in [9.17, 15) is 0 Å². The van der Waals surface area contributed by atoms with Crippen molar-refractivity contribution in [1.82, 2.24) is 15.2 Å². The van der Waals surface area contributed by atoms with Crippen molar-refractivity contribution in [3.05, 3.63) is 65.0 Å². The Hall–Kier alpha value is -1.63. The molecule has 4 nitrogen and oxygen atoms in total. The zero-order valence-electron chi connectivity index (χ0n) is 14.9. The summed E-state index contributed by atoms with van der Waals surface area (Å²) in [5.74, 6) is 0.870. The average Bonchev–Trinajstić information content (AvgIpc) is 2.57. The molecule has 0 fully saturated rings. The van der Waals surface area contributed by atoms with E-state index in [-0.39, 0.29) is 24.0 Å². The molecule has 0 bridgehead atoms. The Morgan fingerprint density at radius 1 is 1.17 bits per heavy atom. The van der Waals surface area contributed by atoms with Gasteiger partial charge in [0.1, 0.15) is 0 Å². The molecule has 2 aromatic rings. The summed E-state index contributed by atoms with van der Waals surface area (Å²) in [6, 6.07) is 12.8. The Morgan fingerprint density at radius 3 is 2.42 bits per heavy atom. The third-order valence-corrected chi connectivity index (χ3v) is 3.96. The number of aliphatic imine (C=N–C) groups is 1. The number of rotatable bonds is 5. The van der Waals surface area contributed by atoms with Gasteiger partial charge in [0.25, 0.3) is 0 Å². The number of hydrogen-bond donors (Lipinski definition) is 1. The highest BCUT2D eigenvalue weighted by Crippen LogP contribution is 2.08. The second-order valence-corrected chi connectivity index (χ2v) is 5.69. The van der Waals surface area contributed by atoms with Crippen molar-refractivity contribution >= 4 is 29.9 Å². The Balaban J connectivity index is 0.00000288. The van der Waals surface area contributed by atoms with Crippen molar-refractivity contribution in [2.24, 2.45) is 4.99 Å². The van der Waals surface area contributed by atoms with Crippen molar-refractivity contribution in [2.75, 3.05) is 14.1 Å². The quantitative estimate of drug-likeness (QED) is 0.439. The molecule has 24 heavy (non-hydrogen) atoms. The summed E-state index contributed by atoms with van der Waals surface area (Å²) in [5.41, 5.74) is 4.88. The summed E-state index contributed by atoms with van der Waals surface area (Å²) in [4.78, 5) is 10.9. The van der Waals surface area contributed by atoms with Gasteiger partial charge in [0.05, 0.1) is 12.2 Å². The van der Waals surface area contributed by atoms with Crippen molar-refractivity contribution in [2.45, 2.75) is 33.4 Å². The summed E-state index contributed by atoms with van der Waals surface area (Å²) in [6.45, 7) is 5.75. The lowest BCUT2D eigenvalue weighted by molar-refractivity contribution is 0.476. The number of aryl methyl sites for hydroxylation is 2. The molecular weight excluding hydrogens is 411 g/mol. The van der Waals surface area contributed by atoms with Gasteiger partial charge in [-0.25, -0.2) is 0 Å². The van der Waals surface area contributed by atoms with Crippen LogP contribution >= 0.6 is 24.0 Å². The zero-order valence-corrected chi connectivity index (χ0v) is 17.2. The van der Waals surface area contributed by atoms with E-state index >= 15 is 0 Å². The van der Waals surface area contributed by atoms with Crippen molar-refractivity contribution in [3.8, 4) is 0 Å². The average molecular weight is 438 g/mol. The standard InChI is InChI=1S/C19H26N4.HI/c1-5-16-8-10-17(11-9-16)14-23(4)19(20-3)22-13-18-15(2)7-6-12-21-18;/h6-12H,5,13-14H2,1-4H3,(H,20,22);1H. The minimum Gasteiger partial charge on any atom is -0.351 e. The van der Waals surface area contributed by atoms with Crippen molar-refractivity contribution in [1.29, 1.82) is 0 Å². The molecule has 0 saturated carbocycles. The summed E-state index contributed by atoms with van der Waals surface area (Å²) in [5, 5.41) is 3.38. The lowest BCUT2D eigenvalue weighted by Crippen LogP contribution is -2.38. The molecule has 0 radical (unpaired) electrons. The number of nitrogens with one attached hydrogen (secondary N) is 1. The SMILES string of the molecule is CCc1ccc(CN(C)C(=NC)NCc2ncccc2C)cc1.I.